The third-order valence-electron chi connectivity index (χ3n) is 4.87. The van der Waals surface area contributed by atoms with E-state index in [1.807, 2.05) is 0 Å². The maximum atomic E-state index is 3.54. The number of fused-ring (bicyclic) bond motifs is 2. The van der Waals surface area contributed by atoms with E-state index in [9.17, 15) is 0 Å². The molecule has 98 valence electrons. The van der Waals surface area contributed by atoms with E-state index >= 15 is 0 Å². The second-order valence-electron chi connectivity index (χ2n) is 6.25. The Bertz CT molecular complexity index is 435. The third kappa shape index (κ3) is 2.21. The fourth-order valence-corrected chi connectivity index (χ4v) is 3.72. The molecule has 0 radical (unpaired) electrons. The number of aryl methyl sites for hydroxylation is 3. The van der Waals surface area contributed by atoms with Gasteiger partial charge in [-0.15, -0.1) is 0 Å². The quantitative estimate of drug-likeness (QED) is 0.740. The second kappa shape index (κ2) is 5.05. The van der Waals surface area contributed by atoms with Gasteiger partial charge in [0.15, 0.2) is 0 Å². The number of hydrogen-bond donors (Lipinski definition) is 1. The van der Waals surface area contributed by atoms with Gasteiger partial charge < -0.3 is 5.32 Å². The summed E-state index contributed by atoms with van der Waals surface area (Å²) in [6, 6.07) is 5.64. The smallest absolute Gasteiger partial charge is 0.0322 e. The normalized spacial score (nSPS) is 27.2. The fraction of sp³-hybridized carbons (Fsp3) is 0.647. The van der Waals surface area contributed by atoms with Gasteiger partial charge in [0.1, 0.15) is 0 Å². The van der Waals surface area contributed by atoms with Crippen molar-refractivity contribution in [2.75, 3.05) is 7.05 Å². The molecule has 18 heavy (non-hydrogen) atoms. The van der Waals surface area contributed by atoms with Gasteiger partial charge in [-0.1, -0.05) is 19.1 Å². The number of nitrogens with one attached hydrogen (secondary N) is 1. The topological polar surface area (TPSA) is 12.0 Å². The zero-order valence-corrected chi connectivity index (χ0v) is 11.8. The van der Waals surface area contributed by atoms with Gasteiger partial charge >= 0.3 is 0 Å². The van der Waals surface area contributed by atoms with Crippen molar-refractivity contribution in [2.24, 2.45) is 5.92 Å². The van der Waals surface area contributed by atoms with E-state index < -0.39 is 0 Å². The van der Waals surface area contributed by atoms with Crippen LogP contribution >= 0.6 is 0 Å². The minimum absolute atomic E-state index is 0.574. The lowest BCUT2D eigenvalue weighted by molar-refractivity contribution is 0.427. The Morgan fingerprint density at radius 3 is 2.44 bits per heavy atom. The second-order valence-corrected chi connectivity index (χ2v) is 6.25. The Morgan fingerprint density at radius 1 is 1.00 bits per heavy atom. The van der Waals surface area contributed by atoms with Crippen LogP contribution in [-0.4, -0.2) is 7.05 Å². The Balaban J connectivity index is 2.03. The minimum atomic E-state index is 0.574. The lowest BCUT2D eigenvalue weighted by atomic mass is 9.86. The standard InChI is InChI=1S/C17H25N/c1-12-7-8-15-10-13-5-3-4-6-14(13)11-16(15)17(9-12)18-2/h10-12,17-18H,3-9H2,1-2H3. The summed E-state index contributed by atoms with van der Waals surface area (Å²) >= 11 is 0. The molecule has 0 saturated carbocycles. The Hall–Kier alpha value is -0.820. The first-order valence-corrected chi connectivity index (χ1v) is 7.59. The van der Waals surface area contributed by atoms with Crippen LogP contribution in [0.25, 0.3) is 0 Å². The minimum Gasteiger partial charge on any atom is -0.313 e. The highest BCUT2D eigenvalue weighted by molar-refractivity contribution is 5.42. The molecule has 1 nitrogen and oxygen atoms in total. The fourth-order valence-electron chi connectivity index (χ4n) is 3.72. The molecular formula is C17H25N. The Labute approximate surface area is 111 Å². The van der Waals surface area contributed by atoms with E-state index in [0.29, 0.717) is 6.04 Å². The van der Waals surface area contributed by atoms with Gasteiger partial charge in [-0.2, -0.15) is 0 Å². The molecule has 0 heterocycles. The maximum absolute atomic E-state index is 3.54. The lowest BCUT2D eigenvalue weighted by Gasteiger charge is -2.23. The van der Waals surface area contributed by atoms with Gasteiger partial charge in [0.25, 0.3) is 0 Å². The van der Waals surface area contributed by atoms with Crippen LogP contribution < -0.4 is 5.32 Å². The highest BCUT2D eigenvalue weighted by atomic mass is 14.9. The van der Waals surface area contributed by atoms with Crippen LogP contribution in [0.2, 0.25) is 0 Å². The number of rotatable bonds is 1. The van der Waals surface area contributed by atoms with Crippen molar-refractivity contribution in [2.45, 2.75) is 57.9 Å². The molecular weight excluding hydrogens is 218 g/mol. The molecule has 1 aromatic carbocycles. The van der Waals surface area contributed by atoms with Gasteiger partial charge in [0.05, 0.1) is 0 Å². The van der Waals surface area contributed by atoms with Crippen LogP contribution in [0, 0.1) is 5.92 Å². The molecule has 1 aromatic rings. The molecule has 3 rings (SSSR count). The molecule has 1 heteroatoms. The highest BCUT2D eigenvalue weighted by Crippen LogP contribution is 2.35. The maximum Gasteiger partial charge on any atom is 0.0322 e. The zero-order valence-electron chi connectivity index (χ0n) is 11.8. The van der Waals surface area contributed by atoms with Crippen LogP contribution in [0.1, 0.15) is 60.9 Å². The molecule has 0 saturated heterocycles. The summed E-state index contributed by atoms with van der Waals surface area (Å²) < 4.78 is 0. The summed E-state index contributed by atoms with van der Waals surface area (Å²) in [7, 11) is 2.12. The zero-order chi connectivity index (χ0) is 12.5. The number of hydrogen-bond acceptors (Lipinski definition) is 1. The third-order valence-corrected chi connectivity index (χ3v) is 4.87. The van der Waals surface area contributed by atoms with Crippen LogP contribution in [0.4, 0.5) is 0 Å². The molecule has 2 aliphatic carbocycles. The molecule has 0 amide bonds. The van der Waals surface area contributed by atoms with E-state index in [1.54, 1.807) is 22.3 Å². The van der Waals surface area contributed by atoms with Crippen LogP contribution in [0.5, 0.6) is 0 Å². The first kappa shape index (κ1) is 12.2. The molecule has 0 aromatic heterocycles. The summed E-state index contributed by atoms with van der Waals surface area (Å²) in [6.07, 6.45) is 9.30. The summed E-state index contributed by atoms with van der Waals surface area (Å²) in [5.74, 6) is 0.840. The van der Waals surface area contributed by atoms with Crippen molar-refractivity contribution in [3.8, 4) is 0 Å². The molecule has 0 bridgehead atoms. The Kier molecular flexibility index (Phi) is 3.43. The van der Waals surface area contributed by atoms with Crippen molar-refractivity contribution in [3.05, 3.63) is 34.4 Å². The van der Waals surface area contributed by atoms with Gasteiger partial charge in [-0.25, -0.2) is 0 Å². The largest absolute Gasteiger partial charge is 0.313 e. The average molecular weight is 243 g/mol. The van der Waals surface area contributed by atoms with Gasteiger partial charge in [-0.3, -0.25) is 0 Å². The summed E-state index contributed by atoms with van der Waals surface area (Å²) in [4.78, 5) is 0. The number of benzene rings is 1. The van der Waals surface area contributed by atoms with Gasteiger partial charge in [0.2, 0.25) is 0 Å². The predicted octanol–water partition coefficient (Wildman–Crippen LogP) is 3.80. The SMILES string of the molecule is CNC1CC(C)CCc2cc3c(cc21)CCCC3. The predicted molar refractivity (Wildman–Crippen MR) is 77.0 cm³/mol. The molecule has 2 aliphatic rings. The van der Waals surface area contributed by atoms with Crippen LogP contribution in [0.3, 0.4) is 0 Å². The average Bonchev–Trinajstić information content (AvgIpc) is 2.56. The van der Waals surface area contributed by atoms with Crippen molar-refractivity contribution in [1.29, 1.82) is 0 Å². The first-order valence-electron chi connectivity index (χ1n) is 7.59. The van der Waals surface area contributed by atoms with Gasteiger partial charge in [0, 0.05) is 6.04 Å². The lowest BCUT2D eigenvalue weighted by Crippen LogP contribution is -2.19. The van der Waals surface area contributed by atoms with Crippen molar-refractivity contribution in [1.82, 2.24) is 5.32 Å². The van der Waals surface area contributed by atoms with Crippen molar-refractivity contribution >= 4 is 0 Å². The van der Waals surface area contributed by atoms with Gasteiger partial charge in [-0.05, 0) is 80.2 Å². The van der Waals surface area contributed by atoms with Crippen molar-refractivity contribution < 1.29 is 0 Å². The molecule has 2 atom stereocenters. The molecule has 0 spiro atoms. The van der Waals surface area contributed by atoms with E-state index in [2.05, 4.69) is 31.4 Å². The summed E-state index contributed by atoms with van der Waals surface area (Å²) in [6.45, 7) is 2.40. The molecule has 1 N–H and O–H groups in total. The monoisotopic (exact) mass is 243 g/mol. The summed E-state index contributed by atoms with van der Waals surface area (Å²) in [5.41, 5.74) is 6.50. The van der Waals surface area contributed by atoms with E-state index in [0.717, 1.165) is 5.92 Å². The summed E-state index contributed by atoms with van der Waals surface area (Å²) in [5, 5.41) is 3.54. The highest BCUT2D eigenvalue weighted by Gasteiger charge is 2.23. The van der Waals surface area contributed by atoms with Crippen LogP contribution in [-0.2, 0) is 19.3 Å². The van der Waals surface area contributed by atoms with Crippen molar-refractivity contribution in [3.63, 3.8) is 0 Å². The Morgan fingerprint density at radius 2 is 1.72 bits per heavy atom. The van der Waals surface area contributed by atoms with E-state index in [4.69, 9.17) is 0 Å². The van der Waals surface area contributed by atoms with Crippen LogP contribution in [0.15, 0.2) is 12.1 Å². The molecule has 0 aliphatic heterocycles. The molecule has 0 fully saturated rings. The first-order chi connectivity index (χ1) is 8.78. The van der Waals surface area contributed by atoms with E-state index in [-0.39, 0.29) is 0 Å². The molecule has 2 unspecified atom stereocenters. The van der Waals surface area contributed by atoms with E-state index in [1.165, 1.54) is 44.9 Å².